The quantitative estimate of drug-likeness (QED) is 0.670. The molecule has 0 aliphatic heterocycles. The molecule has 0 radical (unpaired) electrons. The van der Waals surface area contributed by atoms with Gasteiger partial charge in [0, 0.05) is 10.9 Å². The first kappa shape index (κ1) is 12.1. The lowest BCUT2D eigenvalue weighted by molar-refractivity contribution is 0.292. The summed E-state index contributed by atoms with van der Waals surface area (Å²) in [5.41, 5.74) is 0.864. The van der Waals surface area contributed by atoms with Crippen molar-refractivity contribution in [3.05, 3.63) is 65.0 Å². The Morgan fingerprint density at radius 2 is 1.74 bits per heavy atom. The average molecular weight is 276 g/mol. The molecule has 3 rings (SSSR count). The number of hydrogen-bond donors (Lipinski definition) is 0. The molecule has 0 aliphatic rings. The summed E-state index contributed by atoms with van der Waals surface area (Å²) in [5.74, 6) is -0.425. The van der Waals surface area contributed by atoms with Crippen molar-refractivity contribution in [1.29, 1.82) is 0 Å². The predicted molar refractivity (Wildman–Crippen MR) is 72.5 cm³/mol. The van der Waals surface area contributed by atoms with Gasteiger partial charge in [0.05, 0.1) is 4.70 Å². The van der Waals surface area contributed by atoms with Gasteiger partial charge < -0.3 is 4.74 Å². The zero-order valence-corrected chi connectivity index (χ0v) is 10.7. The highest BCUT2D eigenvalue weighted by Gasteiger charge is 2.09. The van der Waals surface area contributed by atoms with Gasteiger partial charge in [-0.3, -0.25) is 0 Å². The van der Waals surface area contributed by atoms with Crippen molar-refractivity contribution in [3.8, 4) is 5.75 Å². The van der Waals surface area contributed by atoms with Gasteiger partial charge in [0.15, 0.2) is 11.6 Å². The van der Waals surface area contributed by atoms with Crippen LogP contribution < -0.4 is 4.74 Å². The molecule has 4 heteroatoms. The minimum Gasteiger partial charge on any atom is -0.486 e. The number of halogens is 2. The van der Waals surface area contributed by atoms with Crippen LogP contribution in [0.1, 0.15) is 5.56 Å². The van der Waals surface area contributed by atoms with Gasteiger partial charge in [0.2, 0.25) is 0 Å². The first-order valence-electron chi connectivity index (χ1n) is 5.77. The summed E-state index contributed by atoms with van der Waals surface area (Å²) in [6.45, 7) is 0.227. The van der Waals surface area contributed by atoms with Gasteiger partial charge >= 0.3 is 0 Å². The SMILES string of the molecule is Fc1ccccc1OCc1csc2c(F)cccc12. The van der Waals surface area contributed by atoms with E-state index in [1.807, 2.05) is 11.4 Å². The molecule has 1 aromatic heterocycles. The number of rotatable bonds is 3. The van der Waals surface area contributed by atoms with E-state index in [1.54, 1.807) is 24.3 Å². The summed E-state index contributed by atoms with van der Waals surface area (Å²) >= 11 is 1.33. The Morgan fingerprint density at radius 1 is 0.947 bits per heavy atom. The van der Waals surface area contributed by atoms with Crippen LogP contribution in [0.3, 0.4) is 0 Å². The summed E-state index contributed by atoms with van der Waals surface area (Å²) in [6, 6.07) is 11.2. The van der Waals surface area contributed by atoms with Crippen molar-refractivity contribution < 1.29 is 13.5 Å². The Balaban J connectivity index is 1.87. The van der Waals surface area contributed by atoms with E-state index in [1.165, 1.54) is 23.5 Å². The molecule has 96 valence electrons. The fraction of sp³-hybridized carbons (Fsp3) is 0.0667. The van der Waals surface area contributed by atoms with E-state index in [0.717, 1.165) is 10.9 Å². The maximum Gasteiger partial charge on any atom is 0.165 e. The summed E-state index contributed by atoms with van der Waals surface area (Å²) < 4.78 is 33.0. The highest BCUT2D eigenvalue weighted by molar-refractivity contribution is 7.17. The molecule has 0 saturated carbocycles. The van der Waals surface area contributed by atoms with Crippen LogP contribution in [0.4, 0.5) is 8.78 Å². The number of benzene rings is 2. The molecule has 1 heterocycles. The van der Waals surface area contributed by atoms with E-state index in [4.69, 9.17) is 4.74 Å². The van der Waals surface area contributed by atoms with E-state index >= 15 is 0 Å². The molecule has 0 fully saturated rings. The molecule has 0 spiro atoms. The topological polar surface area (TPSA) is 9.23 Å². The van der Waals surface area contributed by atoms with Crippen LogP contribution in [0.2, 0.25) is 0 Å². The van der Waals surface area contributed by atoms with Crippen LogP contribution in [0.5, 0.6) is 5.75 Å². The normalized spacial score (nSPS) is 10.8. The average Bonchev–Trinajstić information content (AvgIpc) is 2.83. The zero-order valence-electron chi connectivity index (χ0n) is 9.90. The second kappa shape index (κ2) is 4.97. The van der Waals surface area contributed by atoms with Gasteiger partial charge in [-0.25, -0.2) is 8.78 Å². The van der Waals surface area contributed by atoms with Crippen LogP contribution >= 0.6 is 11.3 Å². The highest BCUT2D eigenvalue weighted by Crippen LogP contribution is 2.29. The first-order valence-corrected chi connectivity index (χ1v) is 6.65. The number of fused-ring (bicyclic) bond motifs is 1. The molecule has 1 nitrogen and oxygen atoms in total. The van der Waals surface area contributed by atoms with E-state index in [9.17, 15) is 8.78 Å². The van der Waals surface area contributed by atoms with Crippen molar-refractivity contribution >= 4 is 21.4 Å². The Labute approximate surface area is 113 Å². The zero-order chi connectivity index (χ0) is 13.2. The highest BCUT2D eigenvalue weighted by atomic mass is 32.1. The summed E-state index contributed by atoms with van der Waals surface area (Å²) in [5, 5.41) is 2.66. The van der Waals surface area contributed by atoms with Crippen LogP contribution in [0, 0.1) is 11.6 Å². The van der Waals surface area contributed by atoms with Gasteiger partial charge in [-0.15, -0.1) is 11.3 Å². The fourth-order valence-electron chi connectivity index (χ4n) is 1.90. The molecule has 0 aliphatic carbocycles. The standard InChI is InChI=1S/C15H10F2OS/c16-12-5-1-2-7-14(12)18-8-10-9-19-15-11(10)4-3-6-13(15)17/h1-7,9H,8H2. The van der Waals surface area contributed by atoms with E-state index in [0.29, 0.717) is 4.70 Å². The monoisotopic (exact) mass is 276 g/mol. The summed E-state index contributed by atoms with van der Waals surface area (Å²) in [7, 11) is 0. The molecule has 0 amide bonds. The molecule has 0 saturated heterocycles. The van der Waals surface area contributed by atoms with Gasteiger partial charge in [-0.1, -0.05) is 24.3 Å². The maximum atomic E-state index is 13.5. The maximum absolute atomic E-state index is 13.5. The lowest BCUT2D eigenvalue weighted by Crippen LogP contribution is -1.96. The smallest absolute Gasteiger partial charge is 0.165 e. The van der Waals surface area contributed by atoms with Crippen molar-refractivity contribution in [2.24, 2.45) is 0 Å². The summed E-state index contributed by atoms with van der Waals surface area (Å²) in [4.78, 5) is 0. The van der Waals surface area contributed by atoms with Gasteiger partial charge in [0.1, 0.15) is 12.4 Å². The molecule has 19 heavy (non-hydrogen) atoms. The van der Waals surface area contributed by atoms with Gasteiger partial charge in [-0.2, -0.15) is 0 Å². The van der Waals surface area contributed by atoms with Crippen LogP contribution in [0.15, 0.2) is 47.8 Å². The third-order valence-electron chi connectivity index (χ3n) is 2.85. The number of hydrogen-bond acceptors (Lipinski definition) is 2. The predicted octanol–water partition coefficient (Wildman–Crippen LogP) is 4.76. The lowest BCUT2D eigenvalue weighted by atomic mass is 10.2. The minimum atomic E-state index is -0.395. The van der Waals surface area contributed by atoms with Gasteiger partial charge in [-0.05, 0) is 23.6 Å². The molecular weight excluding hydrogens is 266 g/mol. The van der Waals surface area contributed by atoms with Crippen molar-refractivity contribution in [2.75, 3.05) is 0 Å². The first-order chi connectivity index (χ1) is 9.25. The molecule has 0 N–H and O–H groups in total. The molecule has 0 atom stereocenters. The van der Waals surface area contributed by atoms with Crippen molar-refractivity contribution in [3.63, 3.8) is 0 Å². The van der Waals surface area contributed by atoms with Crippen LogP contribution in [0.25, 0.3) is 10.1 Å². The van der Waals surface area contributed by atoms with Crippen LogP contribution in [-0.2, 0) is 6.61 Å². The Morgan fingerprint density at radius 3 is 2.58 bits per heavy atom. The minimum absolute atomic E-state index is 0.207. The second-order valence-corrected chi connectivity index (χ2v) is 4.98. The largest absolute Gasteiger partial charge is 0.486 e. The van der Waals surface area contributed by atoms with Crippen molar-refractivity contribution in [2.45, 2.75) is 6.61 Å². The van der Waals surface area contributed by atoms with Crippen LogP contribution in [-0.4, -0.2) is 0 Å². The van der Waals surface area contributed by atoms with E-state index < -0.39 is 5.82 Å². The number of ether oxygens (including phenoxy) is 1. The summed E-state index contributed by atoms with van der Waals surface area (Å²) in [6.07, 6.45) is 0. The Hall–Kier alpha value is -1.94. The number of para-hydroxylation sites is 1. The molecule has 2 aromatic carbocycles. The third kappa shape index (κ3) is 2.31. The molecule has 0 unspecified atom stereocenters. The fourth-order valence-corrected chi connectivity index (χ4v) is 2.87. The second-order valence-electron chi connectivity index (χ2n) is 4.10. The molecule has 0 bridgehead atoms. The third-order valence-corrected chi connectivity index (χ3v) is 3.90. The van der Waals surface area contributed by atoms with Crippen molar-refractivity contribution in [1.82, 2.24) is 0 Å². The van der Waals surface area contributed by atoms with E-state index in [2.05, 4.69) is 0 Å². The van der Waals surface area contributed by atoms with E-state index in [-0.39, 0.29) is 18.2 Å². The lowest BCUT2D eigenvalue weighted by Gasteiger charge is -2.06. The number of thiophene rings is 1. The molecular formula is C15H10F2OS. The Bertz CT molecular complexity index is 721. The Kier molecular flexibility index (Phi) is 3.17. The molecule has 3 aromatic rings. The van der Waals surface area contributed by atoms with Gasteiger partial charge in [0.25, 0.3) is 0 Å².